The molecule has 22 heavy (non-hydrogen) atoms. The van der Waals surface area contributed by atoms with E-state index in [0.717, 1.165) is 25.0 Å². The van der Waals surface area contributed by atoms with Crippen LogP contribution < -0.4 is 5.32 Å². The Hall–Kier alpha value is -1.56. The molecule has 1 fully saturated rings. The molecular weight excluding hydrogens is 295 g/mol. The standard InChI is InChI=1S/C16H20F3NO2/c17-16(18,19)12-4-1-11(2-5-12)3-10-15(22)20-13-6-8-14(21)9-7-13/h1-2,4-5,13-14,21H,3,6-10H2,(H,20,22). The maximum atomic E-state index is 12.4. The number of carbonyl (C=O) groups is 1. The monoisotopic (exact) mass is 315 g/mol. The van der Waals surface area contributed by atoms with Crippen LogP contribution in [-0.4, -0.2) is 23.2 Å². The van der Waals surface area contributed by atoms with E-state index >= 15 is 0 Å². The Kier molecular flexibility index (Phi) is 5.45. The molecule has 1 saturated carbocycles. The van der Waals surface area contributed by atoms with Crippen molar-refractivity contribution in [2.24, 2.45) is 0 Å². The second-order valence-electron chi connectivity index (χ2n) is 5.77. The highest BCUT2D eigenvalue weighted by Gasteiger charge is 2.29. The van der Waals surface area contributed by atoms with Gasteiger partial charge in [0.05, 0.1) is 11.7 Å². The van der Waals surface area contributed by atoms with Crippen LogP contribution in [0, 0.1) is 0 Å². The number of benzene rings is 1. The molecule has 1 aromatic carbocycles. The van der Waals surface area contributed by atoms with Crippen LogP contribution in [-0.2, 0) is 17.4 Å². The number of aliphatic hydroxyl groups excluding tert-OH is 1. The van der Waals surface area contributed by atoms with Gasteiger partial charge < -0.3 is 10.4 Å². The lowest BCUT2D eigenvalue weighted by molar-refractivity contribution is -0.137. The number of rotatable bonds is 4. The van der Waals surface area contributed by atoms with Gasteiger partial charge in [-0.05, 0) is 49.8 Å². The fourth-order valence-corrected chi connectivity index (χ4v) is 2.64. The minimum Gasteiger partial charge on any atom is -0.393 e. The first-order chi connectivity index (χ1) is 10.3. The van der Waals surface area contributed by atoms with E-state index in [1.807, 2.05) is 0 Å². The van der Waals surface area contributed by atoms with Crippen LogP contribution in [0.25, 0.3) is 0 Å². The largest absolute Gasteiger partial charge is 0.416 e. The highest BCUT2D eigenvalue weighted by atomic mass is 19.4. The third kappa shape index (κ3) is 5.02. The molecule has 2 rings (SSSR count). The summed E-state index contributed by atoms with van der Waals surface area (Å²) in [7, 11) is 0. The van der Waals surface area contributed by atoms with Crippen molar-refractivity contribution in [1.82, 2.24) is 5.32 Å². The van der Waals surface area contributed by atoms with Gasteiger partial charge in [0.1, 0.15) is 0 Å². The molecule has 1 aromatic rings. The van der Waals surface area contributed by atoms with Gasteiger partial charge in [0, 0.05) is 12.5 Å². The second-order valence-corrected chi connectivity index (χ2v) is 5.77. The van der Waals surface area contributed by atoms with Crippen molar-refractivity contribution in [2.45, 2.75) is 56.8 Å². The van der Waals surface area contributed by atoms with Crippen LogP contribution in [0.3, 0.4) is 0 Å². The molecule has 1 amide bonds. The quantitative estimate of drug-likeness (QED) is 0.897. The molecule has 0 bridgehead atoms. The third-order valence-electron chi connectivity index (χ3n) is 3.98. The van der Waals surface area contributed by atoms with Crippen LogP contribution in [0.1, 0.15) is 43.2 Å². The Labute approximate surface area is 127 Å². The molecule has 6 heteroatoms. The van der Waals surface area contributed by atoms with Gasteiger partial charge in [0.25, 0.3) is 0 Å². The van der Waals surface area contributed by atoms with E-state index in [0.29, 0.717) is 24.8 Å². The van der Waals surface area contributed by atoms with Gasteiger partial charge in [-0.1, -0.05) is 12.1 Å². The summed E-state index contributed by atoms with van der Waals surface area (Å²) in [5, 5.41) is 12.3. The first kappa shape index (κ1) is 16.8. The number of alkyl halides is 3. The van der Waals surface area contributed by atoms with Crippen molar-refractivity contribution in [2.75, 3.05) is 0 Å². The van der Waals surface area contributed by atoms with E-state index in [1.165, 1.54) is 12.1 Å². The number of hydrogen-bond donors (Lipinski definition) is 2. The van der Waals surface area contributed by atoms with Crippen LogP contribution in [0.5, 0.6) is 0 Å². The zero-order chi connectivity index (χ0) is 16.2. The average Bonchev–Trinajstić information content (AvgIpc) is 2.47. The molecule has 0 unspecified atom stereocenters. The van der Waals surface area contributed by atoms with Crippen molar-refractivity contribution in [1.29, 1.82) is 0 Å². The van der Waals surface area contributed by atoms with Gasteiger partial charge in [-0.15, -0.1) is 0 Å². The summed E-state index contributed by atoms with van der Waals surface area (Å²) in [6, 6.07) is 4.99. The Bertz CT molecular complexity index is 491. The van der Waals surface area contributed by atoms with E-state index in [4.69, 9.17) is 0 Å². The molecule has 0 heterocycles. The van der Waals surface area contributed by atoms with E-state index < -0.39 is 11.7 Å². The normalized spacial score (nSPS) is 22.4. The SMILES string of the molecule is O=C(CCc1ccc(C(F)(F)F)cc1)NC1CCC(O)CC1. The Balaban J connectivity index is 1.76. The fourth-order valence-electron chi connectivity index (χ4n) is 2.64. The highest BCUT2D eigenvalue weighted by molar-refractivity contribution is 5.76. The molecule has 1 aliphatic rings. The Morgan fingerprint density at radius 3 is 2.27 bits per heavy atom. The van der Waals surface area contributed by atoms with Gasteiger partial charge >= 0.3 is 6.18 Å². The number of amides is 1. The first-order valence-electron chi connectivity index (χ1n) is 7.48. The molecular formula is C16H20F3NO2. The lowest BCUT2D eigenvalue weighted by Crippen LogP contribution is -2.38. The molecule has 0 spiro atoms. The molecule has 0 atom stereocenters. The molecule has 0 aliphatic heterocycles. The Morgan fingerprint density at radius 1 is 1.14 bits per heavy atom. The number of nitrogens with one attached hydrogen (secondary N) is 1. The number of carbonyl (C=O) groups excluding carboxylic acids is 1. The van der Waals surface area contributed by atoms with Gasteiger partial charge in [0.15, 0.2) is 0 Å². The second kappa shape index (κ2) is 7.13. The molecule has 1 aliphatic carbocycles. The van der Waals surface area contributed by atoms with Gasteiger partial charge in [0.2, 0.25) is 5.91 Å². The van der Waals surface area contributed by atoms with Crippen molar-refractivity contribution >= 4 is 5.91 Å². The number of aryl methyl sites for hydroxylation is 1. The minimum absolute atomic E-state index is 0.0960. The summed E-state index contributed by atoms with van der Waals surface area (Å²) in [6.07, 6.45) is -0.987. The van der Waals surface area contributed by atoms with Gasteiger partial charge in [-0.2, -0.15) is 13.2 Å². The number of aliphatic hydroxyl groups is 1. The molecule has 0 aromatic heterocycles. The molecule has 122 valence electrons. The van der Waals surface area contributed by atoms with Crippen LogP contribution in [0.15, 0.2) is 24.3 Å². The smallest absolute Gasteiger partial charge is 0.393 e. The van der Waals surface area contributed by atoms with Crippen molar-refractivity contribution in [3.8, 4) is 0 Å². The molecule has 2 N–H and O–H groups in total. The lowest BCUT2D eigenvalue weighted by atomic mass is 9.93. The molecule has 0 radical (unpaired) electrons. The summed E-state index contributed by atoms with van der Waals surface area (Å²) in [4.78, 5) is 11.8. The van der Waals surface area contributed by atoms with E-state index in [2.05, 4.69) is 5.32 Å². The molecule has 3 nitrogen and oxygen atoms in total. The summed E-state index contributed by atoms with van der Waals surface area (Å²) in [5.74, 6) is -0.0960. The van der Waals surface area contributed by atoms with Crippen molar-refractivity contribution in [3.63, 3.8) is 0 Å². The predicted molar refractivity (Wildman–Crippen MR) is 76.2 cm³/mol. The summed E-state index contributed by atoms with van der Waals surface area (Å²) in [6.45, 7) is 0. The average molecular weight is 315 g/mol. The van der Waals surface area contributed by atoms with Crippen LogP contribution in [0.2, 0.25) is 0 Å². The van der Waals surface area contributed by atoms with Crippen molar-refractivity contribution in [3.05, 3.63) is 35.4 Å². The van der Waals surface area contributed by atoms with Gasteiger partial charge in [-0.3, -0.25) is 4.79 Å². The number of hydrogen-bond acceptors (Lipinski definition) is 2. The summed E-state index contributed by atoms with van der Waals surface area (Å²) >= 11 is 0. The Morgan fingerprint density at radius 2 is 1.73 bits per heavy atom. The third-order valence-corrected chi connectivity index (χ3v) is 3.98. The fraction of sp³-hybridized carbons (Fsp3) is 0.562. The zero-order valence-corrected chi connectivity index (χ0v) is 12.2. The van der Waals surface area contributed by atoms with Crippen molar-refractivity contribution < 1.29 is 23.1 Å². The predicted octanol–water partition coefficient (Wildman–Crippen LogP) is 3.06. The summed E-state index contributed by atoms with van der Waals surface area (Å²) in [5.41, 5.74) is 0.0312. The topological polar surface area (TPSA) is 49.3 Å². The highest BCUT2D eigenvalue weighted by Crippen LogP contribution is 2.29. The van der Waals surface area contributed by atoms with Crippen LogP contribution in [0.4, 0.5) is 13.2 Å². The zero-order valence-electron chi connectivity index (χ0n) is 12.2. The maximum absolute atomic E-state index is 12.4. The lowest BCUT2D eigenvalue weighted by Gasteiger charge is -2.26. The van der Waals surface area contributed by atoms with Crippen LogP contribution >= 0.6 is 0 Å². The summed E-state index contributed by atoms with van der Waals surface area (Å²) < 4.78 is 37.3. The maximum Gasteiger partial charge on any atom is 0.416 e. The first-order valence-corrected chi connectivity index (χ1v) is 7.48. The molecule has 0 saturated heterocycles. The minimum atomic E-state index is -4.33. The van der Waals surface area contributed by atoms with E-state index in [1.54, 1.807) is 0 Å². The van der Waals surface area contributed by atoms with E-state index in [-0.39, 0.29) is 24.5 Å². The van der Waals surface area contributed by atoms with Gasteiger partial charge in [-0.25, -0.2) is 0 Å². The van der Waals surface area contributed by atoms with E-state index in [9.17, 15) is 23.1 Å². The number of halogens is 3.